The lowest BCUT2D eigenvalue weighted by Crippen LogP contribution is -2.10. The Morgan fingerprint density at radius 2 is 1.55 bits per heavy atom. The molecule has 0 heterocycles. The van der Waals surface area contributed by atoms with Gasteiger partial charge in [0.15, 0.2) is 0 Å². The molecule has 2 aromatic carbocycles. The van der Waals surface area contributed by atoms with E-state index < -0.39 is 10.1 Å². The number of hydrogen-bond acceptors (Lipinski definition) is 3. The average molecular weight is 288 g/mol. The van der Waals surface area contributed by atoms with Gasteiger partial charge in [-0.25, -0.2) is 0 Å². The molecule has 0 aliphatic heterocycles. The standard InChI is InChI=1S/C16H16O3S/c1-19-20(17,18)11-12-6-7-15-9-13-4-2-3-5-14(13)10-16(15)8-12/h2-8H,9-11H2,1H3. The lowest BCUT2D eigenvalue weighted by molar-refractivity contribution is 0.397. The van der Waals surface area contributed by atoms with Crippen LogP contribution in [0.5, 0.6) is 0 Å². The van der Waals surface area contributed by atoms with Gasteiger partial charge in [0.1, 0.15) is 5.75 Å². The Balaban J connectivity index is 1.92. The minimum Gasteiger partial charge on any atom is -0.273 e. The van der Waals surface area contributed by atoms with Gasteiger partial charge in [-0.3, -0.25) is 4.18 Å². The summed E-state index contributed by atoms with van der Waals surface area (Å²) >= 11 is 0. The second kappa shape index (κ2) is 5.04. The molecule has 0 aromatic heterocycles. The first-order valence-corrected chi connectivity index (χ1v) is 8.11. The van der Waals surface area contributed by atoms with Crippen molar-refractivity contribution in [2.45, 2.75) is 18.6 Å². The van der Waals surface area contributed by atoms with Crippen molar-refractivity contribution in [3.8, 4) is 0 Å². The second-order valence-electron chi connectivity index (χ2n) is 5.09. The molecule has 20 heavy (non-hydrogen) atoms. The van der Waals surface area contributed by atoms with E-state index in [1.807, 2.05) is 24.3 Å². The van der Waals surface area contributed by atoms with Crippen LogP contribution in [0.25, 0.3) is 0 Å². The third kappa shape index (κ3) is 2.62. The van der Waals surface area contributed by atoms with Crippen LogP contribution in [0.15, 0.2) is 42.5 Å². The van der Waals surface area contributed by atoms with E-state index in [2.05, 4.69) is 22.4 Å². The van der Waals surface area contributed by atoms with Crippen LogP contribution in [0, 0.1) is 0 Å². The van der Waals surface area contributed by atoms with Crippen molar-refractivity contribution in [1.29, 1.82) is 0 Å². The Labute approximate surface area is 119 Å². The smallest absolute Gasteiger partial charge is 0.271 e. The van der Waals surface area contributed by atoms with Crippen LogP contribution in [-0.4, -0.2) is 15.5 Å². The molecule has 104 valence electrons. The maximum atomic E-state index is 11.5. The van der Waals surface area contributed by atoms with Crippen LogP contribution in [0.4, 0.5) is 0 Å². The molecule has 0 radical (unpaired) electrons. The van der Waals surface area contributed by atoms with E-state index in [-0.39, 0.29) is 5.75 Å². The van der Waals surface area contributed by atoms with Crippen molar-refractivity contribution in [3.05, 3.63) is 70.3 Å². The molecule has 0 saturated carbocycles. The molecule has 2 aromatic rings. The maximum Gasteiger partial charge on any atom is 0.271 e. The van der Waals surface area contributed by atoms with Crippen LogP contribution in [-0.2, 0) is 32.9 Å². The number of rotatable bonds is 3. The Morgan fingerprint density at radius 1 is 0.950 bits per heavy atom. The molecule has 0 fully saturated rings. The quantitative estimate of drug-likeness (QED) is 0.696. The summed E-state index contributed by atoms with van der Waals surface area (Å²) in [5, 5.41) is 0. The number of hydrogen-bond donors (Lipinski definition) is 0. The molecule has 1 aliphatic carbocycles. The molecular weight excluding hydrogens is 272 g/mol. The summed E-state index contributed by atoms with van der Waals surface area (Å²) in [5.74, 6) is -0.0710. The summed E-state index contributed by atoms with van der Waals surface area (Å²) in [4.78, 5) is 0. The van der Waals surface area contributed by atoms with Gasteiger partial charge < -0.3 is 0 Å². The lowest BCUT2D eigenvalue weighted by atomic mass is 9.85. The fourth-order valence-corrected chi connectivity index (χ4v) is 3.39. The Bertz CT molecular complexity index is 748. The van der Waals surface area contributed by atoms with Crippen LogP contribution in [0.1, 0.15) is 27.8 Å². The van der Waals surface area contributed by atoms with E-state index >= 15 is 0 Å². The molecule has 0 N–H and O–H groups in total. The maximum absolute atomic E-state index is 11.5. The normalized spacial score (nSPS) is 13.7. The minimum atomic E-state index is -3.46. The van der Waals surface area contributed by atoms with Crippen molar-refractivity contribution in [3.63, 3.8) is 0 Å². The minimum absolute atomic E-state index is 0.0710. The highest BCUT2D eigenvalue weighted by atomic mass is 32.2. The summed E-state index contributed by atoms with van der Waals surface area (Å²) in [7, 11) is -2.26. The van der Waals surface area contributed by atoms with E-state index in [0.29, 0.717) is 0 Å². The average Bonchev–Trinajstić information content (AvgIpc) is 2.44. The fourth-order valence-electron chi connectivity index (χ4n) is 2.68. The Kier molecular flexibility index (Phi) is 3.36. The lowest BCUT2D eigenvalue weighted by Gasteiger charge is -2.20. The predicted molar refractivity (Wildman–Crippen MR) is 78.1 cm³/mol. The molecule has 0 saturated heterocycles. The number of benzene rings is 2. The summed E-state index contributed by atoms with van der Waals surface area (Å²) in [6, 6.07) is 14.3. The fraction of sp³-hybridized carbons (Fsp3) is 0.250. The monoisotopic (exact) mass is 288 g/mol. The number of fused-ring (bicyclic) bond motifs is 2. The van der Waals surface area contributed by atoms with E-state index in [1.54, 1.807) is 0 Å². The van der Waals surface area contributed by atoms with Gasteiger partial charge >= 0.3 is 0 Å². The second-order valence-corrected chi connectivity index (χ2v) is 6.83. The zero-order chi connectivity index (χ0) is 14.2. The molecule has 0 bridgehead atoms. The third-order valence-corrected chi connectivity index (χ3v) is 4.94. The van der Waals surface area contributed by atoms with Crippen molar-refractivity contribution in [1.82, 2.24) is 0 Å². The van der Waals surface area contributed by atoms with E-state index in [4.69, 9.17) is 0 Å². The molecule has 3 rings (SSSR count). The first-order chi connectivity index (χ1) is 9.57. The highest BCUT2D eigenvalue weighted by Gasteiger charge is 2.17. The molecule has 0 atom stereocenters. The first-order valence-electron chi connectivity index (χ1n) is 6.53. The first kappa shape index (κ1) is 13.3. The Morgan fingerprint density at radius 3 is 2.20 bits per heavy atom. The topological polar surface area (TPSA) is 43.4 Å². The summed E-state index contributed by atoms with van der Waals surface area (Å²) in [6.07, 6.45) is 1.79. The highest BCUT2D eigenvalue weighted by molar-refractivity contribution is 7.85. The van der Waals surface area contributed by atoms with Gasteiger partial charge in [0, 0.05) is 0 Å². The summed E-state index contributed by atoms with van der Waals surface area (Å²) in [5.41, 5.74) is 5.96. The molecule has 4 heteroatoms. The van der Waals surface area contributed by atoms with Gasteiger partial charge in [-0.2, -0.15) is 8.42 Å². The molecule has 0 spiro atoms. The molecule has 1 aliphatic rings. The van der Waals surface area contributed by atoms with Crippen LogP contribution < -0.4 is 0 Å². The van der Waals surface area contributed by atoms with E-state index in [9.17, 15) is 8.42 Å². The molecule has 0 unspecified atom stereocenters. The van der Waals surface area contributed by atoms with Crippen molar-refractivity contribution >= 4 is 10.1 Å². The van der Waals surface area contributed by atoms with Crippen molar-refractivity contribution in [2.75, 3.05) is 7.11 Å². The van der Waals surface area contributed by atoms with Gasteiger partial charge in [-0.1, -0.05) is 42.5 Å². The van der Waals surface area contributed by atoms with Crippen LogP contribution >= 0.6 is 0 Å². The summed E-state index contributed by atoms with van der Waals surface area (Å²) < 4.78 is 27.5. The van der Waals surface area contributed by atoms with Gasteiger partial charge in [0.05, 0.1) is 7.11 Å². The molecular formula is C16H16O3S. The van der Waals surface area contributed by atoms with Crippen molar-refractivity contribution < 1.29 is 12.6 Å². The van der Waals surface area contributed by atoms with Crippen LogP contribution in [0.2, 0.25) is 0 Å². The Hall–Kier alpha value is -1.65. The summed E-state index contributed by atoms with van der Waals surface area (Å²) in [6.45, 7) is 0. The highest BCUT2D eigenvalue weighted by Crippen LogP contribution is 2.28. The van der Waals surface area contributed by atoms with Gasteiger partial charge in [0.25, 0.3) is 10.1 Å². The molecule has 3 nitrogen and oxygen atoms in total. The third-order valence-electron chi connectivity index (χ3n) is 3.75. The van der Waals surface area contributed by atoms with E-state index in [0.717, 1.165) is 18.4 Å². The van der Waals surface area contributed by atoms with Crippen LogP contribution in [0.3, 0.4) is 0 Å². The van der Waals surface area contributed by atoms with Gasteiger partial charge in [-0.05, 0) is 40.7 Å². The van der Waals surface area contributed by atoms with E-state index in [1.165, 1.54) is 29.4 Å². The molecule has 0 amide bonds. The SMILES string of the molecule is COS(=O)(=O)Cc1ccc2c(c1)Cc1ccccc1C2. The zero-order valence-corrected chi connectivity index (χ0v) is 12.1. The predicted octanol–water partition coefficient (Wildman–Crippen LogP) is 2.66. The van der Waals surface area contributed by atoms with Crippen molar-refractivity contribution in [2.24, 2.45) is 0 Å². The largest absolute Gasteiger partial charge is 0.273 e. The van der Waals surface area contributed by atoms with Gasteiger partial charge in [0.2, 0.25) is 0 Å². The van der Waals surface area contributed by atoms with Gasteiger partial charge in [-0.15, -0.1) is 0 Å². The zero-order valence-electron chi connectivity index (χ0n) is 11.3.